The van der Waals surface area contributed by atoms with Crippen molar-refractivity contribution in [3.05, 3.63) is 59.3 Å². The summed E-state index contributed by atoms with van der Waals surface area (Å²) in [6, 6.07) is 13.2. The third-order valence-electron chi connectivity index (χ3n) is 2.79. The van der Waals surface area contributed by atoms with Crippen LogP contribution in [0.25, 0.3) is 0 Å². The fraction of sp³-hybridized carbons (Fsp3) is 0.250. The molecule has 0 N–H and O–H groups in total. The Bertz CT molecular complexity index is 582. The quantitative estimate of drug-likeness (QED) is 0.784. The van der Waals surface area contributed by atoms with Crippen LogP contribution in [-0.2, 0) is 11.3 Å². The summed E-state index contributed by atoms with van der Waals surface area (Å²) in [5.74, 6) is 0.145. The highest BCUT2D eigenvalue weighted by Gasteiger charge is 2.11. The number of pyridine rings is 1. The first-order valence-corrected chi connectivity index (χ1v) is 6.52. The van der Waals surface area contributed by atoms with Gasteiger partial charge in [-0.1, -0.05) is 30.3 Å². The molecule has 0 aliphatic heterocycles. The highest BCUT2D eigenvalue weighted by Crippen LogP contribution is 2.15. The summed E-state index contributed by atoms with van der Waals surface area (Å²) in [5.41, 5.74) is 2.15. The van der Waals surface area contributed by atoms with E-state index in [1.54, 1.807) is 26.0 Å². The van der Waals surface area contributed by atoms with Crippen molar-refractivity contribution < 1.29 is 14.3 Å². The zero-order valence-electron chi connectivity index (χ0n) is 11.6. The largest absolute Gasteiger partial charge is 0.473 e. The number of hydrogen-bond donors (Lipinski definition) is 0. The maximum Gasteiger partial charge on any atom is 0.339 e. The van der Waals surface area contributed by atoms with E-state index in [2.05, 4.69) is 4.98 Å². The van der Waals surface area contributed by atoms with Crippen LogP contribution >= 0.6 is 0 Å². The lowest BCUT2D eigenvalue weighted by Crippen LogP contribution is -2.08. The second-order valence-corrected chi connectivity index (χ2v) is 4.28. The highest BCUT2D eigenvalue weighted by atomic mass is 16.5. The fourth-order valence-corrected chi connectivity index (χ4v) is 1.77. The number of aryl methyl sites for hydroxylation is 1. The topological polar surface area (TPSA) is 48.4 Å². The lowest BCUT2D eigenvalue weighted by molar-refractivity contribution is 0.0525. The van der Waals surface area contributed by atoms with Gasteiger partial charge in [0.15, 0.2) is 0 Å². The molecule has 2 aromatic rings. The Kier molecular flexibility index (Phi) is 4.71. The van der Waals surface area contributed by atoms with Crippen LogP contribution in [0.1, 0.15) is 28.5 Å². The van der Waals surface area contributed by atoms with Crippen LogP contribution in [0.5, 0.6) is 5.88 Å². The standard InChI is InChI=1S/C16H17NO3/c1-3-19-16(18)14-9-10-15(17-12(14)2)20-11-13-7-5-4-6-8-13/h4-10H,3,11H2,1-2H3. The van der Waals surface area contributed by atoms with Gasteiger partial charge in [0, 0.05) is 6.07 Å². The van der Waals surface area contributed by atoms with Crippen LogP contribution in [0.3, 0.4) is 0 Å². The van der Waals surface area contributed by atoms with Crippen LogP contribution < -0.4 is 4.74 Å². The molecule has 0 atom stereocenters. The molecule has 0 amide bonds. The summed E-state index contributed by atoms with van der Waals surface area (Å²) in [6.07, 6.45) is 0. The van der Waals surface area contributed by atoms with E-state index in [1.165, 1.54) is 0 Å². The molecule has 0 aliphatic rings. The number of carbonyl (C=O) groups is 1. The number of nitrogens with zero attached hydrogens (tertiary/aromatic N) is 1. The van der Waals surface area contributed by atoms with E-state index in [9.17, 15) is 4.79 Å². The van der Waals surface area contributed by atoms with E-state index in [4.69, 9.17) is 9.47 Å². The molecule has 1 heterocycles. The van der Waals surface area contributed by atoms with Crippen molar-refractivity contribution in [2.75, 3.05) is 6.61 Å². The van der Waals surface area contributed by atoms with Gasteiger partial charge in [0.25, 0.3) is 0 Å². The van der Waals surface area contributed by atoms with Crippen LogP contribution in [0.2, 0.25) is 0 Å². The molecule has 2 rings (SSSR count). The average Bonchev–Trinajstić information content (AvgIpc) is 2.46. The van der Waals surface area contributed by atoms with Gasteiger partial charge >= 0.3 is 5.97 Å². The maximum atomic E-state index is 11.7. The first kappa shape index (κ1) is 14.1. The van der Waals surface area contributed by atoms with Gasteiger partial charge in [0.1, 0.15) is 6.61 Å². The van der Waals surface area contributed by atoms with Crippen LogP contribution in [0, 0.1) is 6.92 Å². The van der Waals surface area contributed by atoms with E-state index < -0.39 is 0 Å². The third-order valence-corrected chi connectivity index (χ3v) is 2.79. The minimum Gasteiger partial charge on any atom is -0.473 e. The molecule has 0 radical (unpaired) electrons. The van der Waals surface area contributed by atoms with Gasteiger partial charge in [-0.05, 0) is 25.5 Å². The Balaban J connectivity index is 2.04. The zero-order chi connectivity index (χ0) is 14.4. The molecular formula is C16H17NO3. The minimum atomic E-state index is -0.355. The first-order valence-electron chi connectivity index (χ1n) is 6.52. The lowest BCUT2D eigenvalue weighted by atomic mass is 10.2. The van der Waals surface area contributed by atoms with Gasteiger partial charge in [-0.15, -0.1) is 0 Å². The second-order valence-electron chi connectivity index (χ2n) is 4.28. The number of aromatic nitrogens is 1. The van der Waals surface area contributed by atoms with Gasteiger partial charge < -0.3 is 9.47 Å². The first-order chi connectivity index (χ1) is 9.70. The Morgan fingerprint density at radius 3 is 2.55 bits per heavy atom. The zero-order valence-corrected chi connectivity index (χ0v) is 11.6. The summed E-state index contributed by atoms with van der Waals surface area (Å²) >= 11 is 0. The number of carbonyl (C=O) groups excluding carboxylic acids is 1. The highest BCUT2D eigenvalue weighted by molar-refractivity contribution is 5.90. The van der Waals surface area contributed by atoms with Crippen molar-refractivity contribution in [2.45, 2.75) is 20.5 Å². The summed E-state index contributed by atoms with van der Waals surface area (Å²) in [4.78, 5) is 15.9. The molecule has 20 heavy (non-hydrogen) atoms. The molecule has 104 valence electrons. The SMILES string of the molecule is CCOC(=O)c1ccc(OCc2ccccc2)nc1C. The molecule has 1 aromatic heterocycles. The molecule has 0 bridgehead atoms. The summed E-state index contributed by atoms with van der Waals surface area (Å²) < 4.78 is 10.6. The Morgan fingerprint density at radius 2 is 1.90 bits per heavy atom. The molecule has 4 heteroatoms. The molecule has 0 spiro atoms. The molecule has 0 unspecified atom stereocenters. The fourth-order valence-electron chi connectivity index (χ4n) is 1.77. The van der Waals surface area contributed by atoms with Crippen LogP contribution in [0.15, 0.2) is 42.5 Å². The smallest absolute Gasteiger partial charge is 0.339 e. The molecular weight excluding hydrogens is 254 g/mol. The lowest BCUT2D eigenvalue weighted by Gasteiger charge is -2.08. The van der Waals surface area contributed by atoms with E-state index in [0.29, 0.717) is 30.4 Å². The summed E-state index contributed by atoms with van der Waals surface area (Å²) in [5, 5.41) is 0. The molecule has 1 aromatic carbocycles. The second kappa shape index (κ2) is 6.70. The number of hydrogen-bond acceptors (Lipinski definition) is 4. The van der Waals surface area contributed by atoms with E-state index in [0.717, 1.165) is 5.56 Å². The summed E-state index contributed by atoms with van der Waals surface area (Å²) in [7, 11) is 0. The Labute approximate surface area is 118 Å². The average molecular weight is 271 g/mol. The van der Waals surface area contributed by atoms with Gasteiger partial charge in [-0.2, -0.15) is 0 Å². The van der Waals surface area contributed by atoms with E-state index in [-0.39, 0.29) is 5.97 Å². The predicted octanol–water partition coefficient (Wildman–Crippen LogP) is 3.15. The maximum absolute atomic E-state index is 11.7. The molecule has 4 nitrogen and oxygen atoms in total. The number of ether oxygens (including phenoxy) is 2. The molecule has 0 saturated heterocycles. The van der Waals surface area contributed by atoms with Crippen LogP contribution in [0.4, 0.5) is 0 Å². The Morgan fingerprint density at radius 1 is 1.15 bits per heavy atom. The van der Waals surface area contributed by atoms with Crippen molar-refractivity contribution in [3.63, 3.8) is 0 Å². The Hall–Kier alpha value is -2.36. The normalized spacial score (nSPS) is 10.1. The van der Waals surface area contributed by atoms with Gasteiger partial charge in [0.05, 0.1) is 17.9 Å². The summed E-state index contributed by atoms with van der Waals surface area (Å²) in [6.45, 7) is 4.34. The van der Waals surface area contributed by atoms with Gasteiger partial charge in [-0.3, -0.25) is 0 Å². The third kappa shape index (κ3) is 3.57. The van der Waals surface area contributed by atoms with E-state index >= 15 is 0 Å². The molecule has 0 aliphatic carbocycles. The monoisotopic (exact) mass is 271 g/mol. The molecule has 0 saturated carbocycles. The van der Waals surface area contributed by atoms with Crippen LogP contribution in [-0.4, -0.2) is 17.6 Å². The van der Waals surface area contributed by atoms with Crippen molar-refractivity contribution in [1.82, 2.24) is 4.98 Å². The van der Waals surface area contributed by atoms with Gasteiger partial charge in [-0.25, -0.2) is 9.78 Å². The predicted molar refractivity (Wildman–Crippen MR) is 75.7 cm³/mol. The number of benzene rings is 1. The van der Waals surface area contributed by atoms with Gasteiger partial charge in [0.2, 0.25) is 5.88 Å². The van der Waals surface area contributed by atoms with Crippen molar-refractivity contribution in [1.29, 1.82) is 0 Å². The van der Waals surface area contributed by atoms with Crippen molar-refractivity contribution in [3.8, 4) is 5.88 Å². The van der Waals surface area contributed by atoms with Crippen molar-refractivity contribution in [2.24, 2.45) is 0 Å². The van der Waals surface area contributed by atoms with E-state index in [1.807, 2.05) is 30.3 Å². The number of esters is 1. The molecule has 0 fully saturated rings. The van der Waals surface area contributed by atoms with Crippen molar-refractivity contribution >= 4 is 5.97 Å². The minimum absolute atomic E-state index is 0.352. The number of rotatable bonds is 5.